The molecule has 0 saturated heterocycles. The molecule has 0 unspecified atom stereocenters. The molecule has 2 N–H and O–H groups in total. The number of ether oxygens (including phenoxy) is 1. The molecule has 0 fully saturated rings. The van der Waals surface area contributed by atoms with Crippen LogP contribution < -0.4 is 74.6 Å². The summed E-state index contributed by atoms with van der Waals surface area (Å²) < 4.78 is 17.0. The van der Waals surface area contributed by atoms with Gasteiger partial charge in [0.25, 0.3) is 0 Å². The van der Waals surface area contributed by atoms with Gasteiger partial charge in [-0.25, -0.2) is 15.0 Å². The molecule has 12 heteroatoms. The average molecular weight is 331 g/mol. The summed E-state index contributed by atoms with van der Waals surface area (Å²) in [7, 11) is -4.65. The molecule has 9 nitrogen and oxygen atoms in total. The molecular weight excluding hydrogens is 319 g/mol. The molecule has 0 radical (unpaired) electrons. The standard InChI is InChI=1S/C9H14N5O4P.2Na/c1-6(2-18-5-19(15,16)17)14-4-13-7-8(10)11-3-12-9(7)14;;/h3-4,6H,2,5H2,1H3,(H2,10,11,12)(H2,15,16,17);;/q;2*+1/p-2/t6-;;/m1../s1. The second-order valence-electron chi connectivity index (χ2n) is 4.04. The normalized spacial score (nSPS) is 12.5. The van der Waals surface area contributed by atoms with E-state index < -0.39 is 13.9 Å². The van der Waals surface area contributed by atoms with E-state index in [4.69, 9.17) is 10.5 Å². The van der Waals surface area contributed by atoms with E-state index in [0.717, 1.165) is 0 Å². The third-order valence-electron chi connectivity index (χ3n) is 2.47. The van der Waals surface area contributed by atoms with Gasteiger partial charge in [0.2, 0.25) is 0 Å². The third kappa shape index (κ3) is 5.87. The van der Waals surface area contributed by atoms with Crippen molar-refractivity contribution in [2.75, 3.05) is 18.7 Å². The number of rotatable bonds is 5. The fraction of sp³-hybridized carbons (Fsp3) is 0.444. The summed E-state index contributed by atoms with van der Waals surface area (Å²) in [5.41, 5.74) is 6.64. The van der Waals surface area contributed by atoms with Gasteiger partial charge in [0.05, 0.1) is 25.3 Å². The van der Waals surface area contributed by atoms with Crippen LogP contribution in [-0.2, 0) is 9.30 Å². The van der Waals surface area contributed by atoms with E-state index in [1.165, 1.54) is 12.7 Å². The molecule has 0 saturated carbocycles. The number of anilines is 1. The number of nitrogen functional groups attached to an aromatic ring is 1. The molecule has 0 aliphatic heterocycles. The molecule has 0 amide bonds. The fourth-order valence-electron chi connectivity index (χ4n) is 1.61. The Balaban J connectivity index is 0.00000200. The first-order valence-corrected chi connectivity index (χ1v) is 7.13. The van der Waals surface area contributed by atoms with Crippen molar-refractivity contribution in [3.8, 4) is 0 Å². The number of fused-ring (bicyclic) bond motifs is 1. The molecule has 2 aromatic rings. The van der Waals surface area contributed by atoms with E-state index in [1.54, 1.807) is 11.5 Å². The quantitative estimate of drug-likeness (QED) is 0.421. The van der Waals surface area contributed by atoms with Gasteiger partial charge in [0.15, 0.2) is 11.5 Å². The Hall–Kier alpha value is 0.460. The number of hydrogen-bond acceptors (Lipinski definition) is 8. The number of nitrogens with zero attached hydrogens (tertiary/aromatic N) is 4. The average Bonchev–Trinajstić information content (AvgIpc) is 2.72. The zero-order valence-corrected chi connectivity index (χ0v) is 17.0. The predicted molar refractivity (Wildman–Crippen MR) is 62.9 cm³/mol. The van der Waals surface area contributed by atoms with Crippen molar-refractivity contribution < 1.29 is 78.2 Å². The molecule has 0 spiro atoms. The molecule has 0 bridgehead atoms. The molecule has 0 aliphatic carbocycles. The summed E-state index contributed by atoms with van der Waals surface area (Å²) in [6.07, 6.45) is 1.99. The summed E-state index contributed by atoms with van der Waals surface area (Å²) in [6, 6.07) is -0.245. The Labute approximate surface area is 165 Å². The van der Waals surface area contributed by atoms with Crippen molar-refractivity contribution in [3.63, 3.8) is 0 Å². The Morgan fingerprint density at radius 2 is 2.05 bits per heavy atom. The van der Waals surface area contributed by atoms with Crippen LogP contribution in [0, 0.1) is 0 Å². The Bertz CT molecular complexity index is 634. The van der Waals surface area contributed by atoms with Crippen LogP contribution in [0.1, 0.15) is 13.0 Å². The van der Waals surface area contributed by atoms with Crippen molar-refractivity contribution in [3.05, 3.63) is 12.7 Å². The molecular formula is C9H12N5Na2O4P. The molecule has 2 aromatic heterocycles. The number of imidazole rings is 1. The topological polar surface area (TPSA) is 142 Å². The van der Waals surface area contributed by atoms with Crippen molar-refractivity contribution >= 4 is 24.6 Å². The second kappa shape index (κ2) is 8.93. The number of hydrogen-bond donors (Lipinski definition) is 1. The predicted octanol–water partition coefficient (Wildman–Crippen LogP) is -7.13. The number of aromatic nitrogens is 4. The van der Waals surface area contributed by atoms with Crippen LogP contribution in [0.2, 0.25) is 0 Å². The van der Waals surface area contributed by atoms with Crippen LogP contribution >= 0.6 is 7.60 Å². The van der Waals surface area contributed by atoms with Gasteiger partial charge in [-0.2, -0.15) is 0 Å². The van der Waals surface area contributed by atoms with E-state index in [2.05, 4.69) is 15.0 Å². The maximum Gasteiger partial charge on any atom is 1.00 e. The zero-order chi connectivity index (χ0) is 14.0. The minimum absolute atomic E-state index is 0. The van der Waals surface area contributed by atoms with Crippen molar-refractivity contribution in [2.45, 2.75) is 13.0 Å². The first-order valence-electron chi connectivity index (χ1n) is 5.40. The second-order valence-corrected chi connectivity index (χ2v) is 5.52. The van der Waals surface area contributed by atoms with Crippen LogP contribution in [0.15, 0.2) is 12.7 Å². The molecule has 21 heavy (non-hydrogen) atoms. The van der Waals surface area contributed by atoms with Gasteiger partial charge < -0.3 is 29.4 Å². The maximum atomic E-state index is 10.4. The van der Waals surface area contributed by atoms with Gasteiger partial charge in [-0.15, -0.1) is 0 Å². The van der Waals surface area contributed by atoms with Gasteiger partial charge in [-0.1, -0.05) is 0 Å². The van der Waals surface area contributed by atoms with Crippen LogP contribution in [0.4, 0.5) is 5.82 Å². The van der Waals surface area contributed by atoms with Crippen LogP contribution in [0.3, 0.4) is 0 Å². The van der Waals surface area contributed by atoms with Crippen molar-refractivity contribution in [1.82, 2.24) is 19.5 Å². The molecule has 2 rings (SSSR count). The first kappa shape index (κ1) is 21.5. The largest absolute Gasteiger partial charge is 1.00 e. The van der Waals surface area contributed by atoms with E-state index in [9.17, 15) is 14.4 Å². The van der Waals surface area contributed by atoms with Crippen LogP contribution in [0.25, 0.3) is 11.2 Å². The third-order valence-corrected chi connectivity index (χ3v) is 2.97. The maximum absolute atomic E-state index is 10.4. The van der Waals surface area contributed by atoms with Crippen molar-refractivity contribution in [1.29, 1.82) is 0 Å². The van der Waals surface area contributed by atoms with Gasteiger partial charge in [0.1, 0.15) is 11.8 Å². The van der Waals surface area contributed by atoms with Crippen LogP contribution in [0.5, 0.6) is 0 Å². The Kier molecular flexibility index (Phi) is 9.12. The molecule has 0 aliphatic rings. The van der Waals surface area contributed by atoms with Gasteiger partial charge in [-0.3, -0.25) is 0 Å². The summed E-state index contributed by atoms with van der Waals surface area (Å²) >= 11 is 0. The summed E-state index contributed by atoms with van der Waals surface area (Å²) in [4.78, 5) is 32.8. The fourth-order valence-corrected chi connectivity index (χ4v) is 1.94. The van der Waals surface area contributed by atoms with E-state index in [-0.39, 0.29) is 77.6 Å². The minimum Gasteiger partial charge on any atom is -0.809 e. The summed E-state index contributed by atoms with van der Waals surface area (Å²) in [6.45, 7) is 1.82. The van der Waals surface area contributed by atoms with E-state index in [1.807, 2.05) is 0 Å². The van der Waals surface area contributed by atoms with E-state index >= 15 is 0 Å². The molecule has 1 atom stereocenters. The minimum atomic E-state index is -4.65. The zero-order valence-electron chi connectivity index (χ0n) is 12.1. The molecule has 2 heterocycles. The smallest absolute Gasteiger partial charge is 0.809 e. The van der Waals surface area contributed by atoms with Crippen LogP contribution in [-0.4, -0.2) is 32.5 Å². The molecule has 0 aromatic carbocycles. The monoisotopic (exact) mass is 331 g/mol. The number of nitrogens with two attached hydrogens (primary N) is 1. The van der Waals surface area contributed by atoms with Gasteiger partial charge >= 0.3 is 59.1 Å². The van der Waals surface area contributed by atoms with Crippen molar-refractivity contribution in [2.24, 2.45) is 0 Å². The summed E-state index contributed by atoms with van der Waals surface area (Å²) in [5.74, 6) is 0.264. The first-order chi connectivity index (χ1) is 8.88. The van der Waals surface area contributed by atoms with Gasteiger partial charge in [0, 0.05) is 0 Å². The summed E-state index contributed by atoms with van der Waals surface area (Å²) in [5, 5.41) is 0. The SMILES string of the molecule is C[C@H](COCP(=O)([O-])[O-])n1cnc2c(N)ncnc21.[Na+].[Na+]. The van der Waals surface area contributed by atoms with Gasteiger partial charge in [-0.05, 0) is 14.5 Å². The Morgan fingerprint density at radius 1 is 1.38 bits per heavy atom. The molecule has 104 valence electrons. The Morgan fingerprint density at radius 3 is 2.67 bits per heavy atom. The van der Waals surface area contributed by atoms with E-state index in [0.29, 0.717) is 11.2 Å².